The van der Waals surface area contributed by atoms with Crippen molar-refractivity contribution in [3.8, 4) is 5.75 Å². The molecule has 0 aliphatic rings. The third-order valence-electron chi connectivity index (χ3n) is 2.86. The fourth-order valence-corrected chi connectivity index (χ4v) is 2.03. The van der Waals surface area contributed by atoms with Crippen molar-refractivity contribution in [3.63, 3.8) is 0 Å². The Kier molecular flexibility index (Phi) is 5.38. The summed E-state index contributed by atoms with van der Waals surface area (Å²) in [4.78, 5) is 0. The highest BCUT2D eigenvalue weighted by molar-refractivity contribution is 6.30. The molecule has 1 N–H and O–H groups in total. The molecule has 1 heterocycles. The van der Waals surface area contributed by atoms with E-state index in [-0.39, 0.29) is 0 Å². The Morgan fingerprint density at radius 1 is 1.40 bits per heavy atom. The number of benzene rings is 1. The van der Waals surface area contributed by atoms with Crippen molar-refractivity contribution >= 4 is 11.6 Å². The van der Waals surface area contributed by atoms with Gasteiger partial charge < -0.3 is 10.1 Å². The van der Waals surface area contributed by atoms with E-state index in [4.69, 9.17) is 16.3 Å². The lowest BCUT2D eigenvalue weighted by atomic mass is 10.2. The zero-order valence-corrected chi connectivity index (χ0v) is 12.5. The second kappa shape index (κ2) is 7.26. The first kappa shape index (κ1) is 14.8. The summed E-state index contributed by atoms with van der Waals surface area (Å²) in [6.07, 6.45) is 1.93. The molecule has 0 amide bonds. The van der Waals surface area contributed by atoms with Gasteiger partial charge in [0.2, 0.25) is 0 Å². The highest BCUT2D eigenvalue weighted by Gasteiger charge is 2.02. The summed E-state index contributed by atoms with van der Waals surface area (Å²) in [5, 5.41) is 12.1. The molecule has 1 aromatic heterocycles. The molecule has 0 saturated heterocycles. The van der Waals surface area contributed by atoms with Crippen molar-refractivity contribution in [1.82, 2.24) is 20.3 Å². The van der Waals surface area contributed by atoms with Gasteiger partial charge in [-0.05, 0) is 37.2 Å². The van der Waals surface area contributed by atoms with Gasteiger partial charge in [-0.15, -0.1) is 5.10 Å². The van der Waals surface area contributed by atoms with Crippen LogP contribution >= 0.6 is 11.6 Å². The molecule has 5 nitrogen and oxygen atoms in total. The molecule has 6 heteroatoms. The molecule has 1 aromatic carbocycles. The highest BCUT2D eigenvalue weighted by atomic mass is 35.5. The number of nitrogens with one attached hydrogen (secondary N) is 1. The molecular weight excluding hydrogens is 276 g/mol. The van der Waals surface area contributed by atoms with E-state index in [1.54, 1.807) is 4.68 Å². The van der Waals surface area contributed by atoms with Gasteiger partial charge in [-0.1, -0.05) is 23.7 Å². The van der Waals surface area contributed by atoms with Crippen LogP contribution in [0.25, 0.3) is 0 Å². The molecule has 108 valence electrons. The van der Waals surface area contributed by atoms with Crippen molar-refractivity contribution < 1.29 is 4.74 Å². The van der Waals surface area contributed by atoms with Gasteiger partial charge in [-0.25, -0.2) is 4.68 Å². The van der Waals surface area contributed by atoms with Crippen LogP contribution in [0.3, 0.4) is 0 Å². The van der Waals surface area contributed by atoms with E-state index in [1.165, 1.54) is 0 Å². The van der Waals surface area contributed by atoms with Gasteiger partial charge >= 0.3 is 0 Å². The van der Waals surface area contributed by atoms with Gasteiger partial charge in [0.25, 0.3) is 0 Å². The average Bonchev–Trinajstić information content (AvgIpc) is 2.87. The number of rotatable bonds is 7. The number of ether oxygens (including phenoxy) is 1. The number of aromatic nitrogens is 3. The fraction of sp³-hybridized carbons (Fsp3) is 0.429. The number of nitrogens with zero attached hydrogens (tertiary/aromatic N) is 3. The first-order valence-electron chi connectivity index (χ1n) is 6.67. The van der Waals surface area contributed by atoms with Crippen molar-refractivity contribution in [1.29, 1.82) is 0 Å². The van der Waals surface area contributed by atoms with Crippen LogP contribution in [0, 0.1) is 6.92 Å². The Balaban J connectivity index is 1.82. The third-order valence-corrected chi connectivity index (χ3v) is 3.09. The first-order valence-corrected chi connectivity index (χ1v) is 7.05. The molecule has 20 heavy (non-hydrogen) atoms. The largest absolute Gasteiger partial charge is 0.491 e. The van der Waals surface area contributed by atoms with E-state index in [9.17, 15) is 0 Å². The van der Waals surface area contributed by atoms with Crippen LogP contribution in [-0.4, -0.2) is 28.1 Å². The maximum absolute atomic E-state index is 5.91. The zero-order valence-electron chi connectivity index (χ0n) is 11.8. The van der Waals surface area contributed by atoms with Gasteiger partial charge in [0.1, 0.15) is 12.4 Å². The van der Waals surface area contributed by atoms with Crippen molar-refractivity contribution in [2.24, 2.45) is 0 Å². The fourth-order valence-electron chi connectivity index (χ4n) is 1.81. The molecule has 0 saturated carbocycles. The minimum Gasteiger partial charge on any atom is -0.491 e. The third kappa shape index (κ3) is 4.21. The van der Waals surface area contributed by atoms with Crippen LogP contribution in [0.15, 0.2) is 24.4 Å². The SMILES string of the molecule is CCNCc1cn(CCOc2ccc(Cl)cc2C)nn1. The molecule has 0 fully saturated rings. The molecular formula is C14H19ClN4O. The Labute approximate surface area is 123 Å². The normalized spacial score (nSPS) is 10.8. The van der Waals surface area contributed by atoms with Crippen LogP contribution in [-0.2, 0) is 13.1 Å². The van der Waals surface area contributed by atoms with Gasteiger partial charge in [-0.2, -0.15) is 0 Å². The number of hydrogen-bond acceptors (Lipinski definition) is 4. The summed E-state index contributed by atoms with van der Waals surface area (Å²) in [6.45, 7) is 6.92. The maximum atomic E-state index is 5.91. The lowest BCUT2D eigenvalue weighted by Gasteiger charge is -2.08. The summed E-state index contributed by atoms with van der Waals surface area (Å²) in [5.41, 5.74) is 1.97. The topological polar surface area (TPSA) is 52.0 Å². The molecule has 0 unspecified atom stereocenters. The van der Waals surface area contributed by atoms with Crippen LogP contribution in [0.2, 0.25) is 5.02 Å². The lowest BCUT2D eigenvalue weighted by Crippen LogP contribution is -2.12. The minimum atomic E-state index is 0.548. The highest BCUT2D eigenvalue weighted by Crippen LogP contribution is 2.21. The molecule has 2 rings (SSSR count). The van der Waals surface area contributed by atoms with Crippen LogP contribution in [0.5, 0.6) is 5.75 Å². The summed E-state index contributed by atoms with van der Waals surface area (Å²) >= 11 is 5.91. The standard InChI is InChI=1S/C14H19ClN4O/c1-3-16-9-13-10-19(18-17-13)6-7-20-14-5-4-12(15)8-11(14)2/h4-5,8,10,16H,3,6-7,9H2,1-2H3. The Morgan fingerprint density at radius 3 is 3.00 bits per heavy atom. The summed E-state index contributed by atoms with van der Waals surface area (Å²) < 4.78 is 7.51. The number of aryl methyl sites for hydroxylation is 1. The minimum absolute atomic E-state index is 0.548. The average molecular weight is 295 g/mol. The van der Waals surface area contributed by atoms with E-state index in [0.717, 1.165) is 35.1 Å². The second-order valence-corrected chi connectivity index (χ2v) is 4.95. The van der Waals surface area contributed by atoms with E-state index in [2.05, 4.69) is 22.6 Å². The van der Waals surface area contributed by atoms with E-state index in [1.807, 2.05) is 31.3 Å². The summed E-state index contributed by atoms with van der Waals surface area (Å²) in [7, 11) is 0. The predicted molar refractivity (Wildman–Crippen MR) is 79.1 cm³/mol. The Morgan fingerprint density at radius 2 is 2.25 bits per heavy atom. The second-order valence-electron chi connectivity index (χ2n) is 4.51. The molecule has 0 atom stereocenters. The summed E-state index contributed by atoms with van der Waals surface area (Å²) in [6, 6.07) is 5.60. The molecule has 0 bridgehead atoms. The smallest absolute Gasteiger partial charge is 0.122 e. The number of hydrogen-bond donors (Lipinski definition) is 1. The van der Waals surface area contributed by atoms with Crippen molar-refractivity contribution in [3.05, 3.63) is 40.7 Å². The van der Waals surface area contributed by atoms with Gasteiger partial charge in [0, 0.05) is 17.8 Å². The van der Waals surface area contributed by atoms with Gasteiger partial charge in [-0.3, -0.25) is 0 Å². The van der Waals surface area contributed by atoms with E-state index < -0.39 is 0 Å². The monoisotopic (exact) mass is 294 g/mol. The van der Waals surface area contributed by atoms with Crippen molar-refractivity contribution in [2.75, 3.05) is 13.2 Å². The number of halogens is 1. The van der Waals surface area contributed by atoms with Crippen LogP contribution in [0.4, 0.5) is 0 Å². The maximum Gasteiger partial charge on any atom is 0.122 e. The summed E-state index contributed by atoms with van der Waals surface area (Å²) in [5.74, 6) is 0.849. The molecule has 2 aromatic rings. The first-order chi connectivity index (χ1) is 9.69. The van der Waals surface area contributed by atoms with Crippen LogP contribution < -0.4 is 10.1 Å². The molecule has 0 aliphatic heterocycles. The predicted octanol–water partition coefficient (Wildman–Crippen LogP) is 2.43. The van der Waals surface area contributed by atoms with Gasteiger partial charge in [0.15, 0.2) is 0 Å². The Hall–Kier alpha value is -1.59. The van der Waals surface area contributed by atoms with E-state index >= 15 is 0 Å². The molecule has 0 radical (unpaired) electrons. The molecule has 0 aliphatic carbocycles. The Bertz CT molecular complexity index is 556. The zero-order chi connectivity index (χ0) is 14.4. The molecule has 0 spiro atoms. The lowest BCUT2D eigenvalue weighted by molar-refractivity contribution is 0.288. The van der Waals surface area contributed by atoms with Crippen molar-refractivity contribution in [2.45, 2.75) is 26.9 Å². The quantitative estimate of drug-likeness (QED) is 0.852. The van der Waals surface area contributed by atoms with Gasteiger partial charge in [0.05, 0.1) is 12.2 Å². The van der Waals surface area contributed by atoms with E-state index in [0.29, 0.717) is 13.2 Å². The van der Waals surface area contributed by atoms with Crippen LogP contribution in [0.1, 0.15) is 18.2 Å².